The van der Waals surface area contributed by atoms with Crippen LogP contribution in [0.1, 0.15) is 11.3 Å². The highest BCUT2D eigenvalue weighted by molar-refractivity contribution is 7.07. The molecule has 72 valence electrons. The maximum Gasteiger partial charge on any atom is 0.311 e. The van der Waals surface area contributed by atoms with E-state index in [2.05, 4.69) is 0 Å². The summed E-state index contributed by atoms with van der Waals surface area (Å²) in [4.78, 5) is 11.7. The van der Waals surface area contributed by atoms with Gasteiger partial charge >= 0.3 is 4.87 Å². The minimum Gasteiger partial charge on any atom is -0.272 e. The molecule has 0 bridgehead atoms. The molecule has 1 aromatic carbocycles. The summed E-state index contributed by atoms with van der Waals surface area (Å²) in [5.41, 5.74) is 3.10. The normalized spacial score (nSPS) is 10.4. The molecule has 0 N–H and O–H groups in total. The number of hydrogen-bond donors (Lipinski definition) is 0. The van der Waals surface area contributed by atoms with Crippen LogP contribution in [0.5, 0.6) is 0 Å². The van der Waals surface area contributed by atoms with E-state index in [1.54, 1.807) is 4.57 Å². The van der Waals surface area contributed by atoms with E-state index < -0.39 is 0 Å². The first kappa shape index (κ1) is 9.21. The molecule has 2 rings (SSSR count). The highest BCUT2D eigenvalue weighted by atomic mass is 32.1. The van der Waals surface area contributed by atoms with E-state index in [4.69, 9.17) is 0 Å². The van der Waals surface area contributed by atoms with E-state index in [9.17, 15) is 4.79 Å². The summed E-state index contributed by atoms with van der Waals surface area (Å²) >= 11 is 1.24. The van der Waals surface area contributed by atoms with E-state index in [0.29, 0.717) is 0 Å². The number of aryl methyl sites for hydroxylation is 2. The summed E-state index contributed by atoms with van der Waals surface area (Å²) < 4.78 is 1.75. The van der Waals surface area contributed by atoms with Crippen molar-refractivity contribution in [2.75, 3.05) is 0 Å². The van der Waals surface area contributed by atoms with Gasteiger partial charge in [0.15, 0.2) is 0 Å². The van der Waals surface area contributed by atoms with Crippen LogP contribution in [0.25, 0.3) is 5.69 Å². The molecule has 2 aromatic rings. The smallest absolute Gasteiger partial charge is 0.272 e. The molecule has 0 spiro atoms. The number of thiazole rings is 1. The molecule has 0 saturated carbocycles. The van der Waals surface area contributed by atoms with Crippen LogP contribution in [-0.2, 0) is 0 Å². The van der Waals surface area contributed by atoms with Gasteiger partial charge in [-0.2, -0.15) is 0 Å². The van der Waals surface area contributed by atoms with Crippen LogP contribution in [-0.4, -0.2) is 4.57 Å². The highest BCUT2D eigenvalue weighted by Gasteiger charge is 2.06. The van der Waals surface area contributed by atoms with Crippen LogP contribution in [0, 0.1) is 13.8 Å². The molecule has 0 radical (unpaired) electrons. The Morgan fingerprint density at radius 1 is 1.21 bits per heavy atom. The van der Waals surface area contributed by atoms with Gasteiger partial charge < -0.3 is 0 Å². The Hall–Kier alpha value is -1.35. The minimum atomic E-state index is 0.0804. The summed E-state index contributed by atoms with van der Waals surface area (Å²) in [5, 5.41) is 1.88. The second-order valence-electron chi connectivity index (χ2n) is 3.26. The third kappa shape index (κ3) is 1.40. The molecule has 14 heavy (non-hydrogen) atoms. The van der Waals surface area contributed by atoms with Crippen molar-refractivity contribution in [1.29, 1.82) is 0 Å². The van der Waals surface area contributed by atoms with Crippen molar-refractivity contribution in [1.82, 2.24) is 4.57 Å². The van der Waals surface area contributed by atoms with Gasteiger partial charge in [-0.05, 0) is 25.5 Å². The van der Waals surface area contributed by atoms with Gasteiger partial charge in [0.2, 0.25) is 0 Å². The van der Waals surface area contributed by atoms with Crippen molar-refractivity contribution in [2.45, 2.75) is 13.8 Å². The molecule has 0 saturated heterocycles. The predicted octanol–water partition coefficient (Wildman–Crippen LogP) is 2.52. The fraction of sp³-hybridized carbons (Fsp3) is 0.182. The van der Waals surface area contributed by atoms with E-state index >= 15 is 0 Å². The summed E-state index contributed by atoms with van der Waals surface area (Å²) in [5.74, 6) is 0. The van der Waals surface area contributed by atoms with Crippen LogP contribution in [0.3, 0.4) is 0 Å². The average molecular weight is 205 g/mol. The van der Waals surface area contributed by atoms with Crippen molar-refractivity contribution < 1.29 is 0 Å². The summed E-state index contributed by atoms with van der Waals surface area (Å²) in [6, 6.07) is 7.91. The molecular formula is C11H11NOS. The average Bonchev–Trinajstić information content (AvgIpc) is 2.48. The SMILES string of the molecule is Cc1ccccc1-n1c(C)csc1=O. The van der Waals surface area contributed by atoms with Crippen molar-refractivity contribution in [3.8, 4) is 5.69 Å². The second kappa shape index (κ2) is 3.42. The summed E-state index contributed by atoms with van der Waals surface area (Å²) in [7, 11) is 0. The highest BCUT2D eigenvalue weighted by Crippen LogP contribution is 2.14. The zero-order chi connectivity index (χ0) is 10.1. The zero-order valence-electron chi connectivity index (χ0n) is 8.15. The Bertz CT molecular complexity index is 510. The topological polar surface area (TPSA) is 22.0 Å². The van der Waals surface area contributed by atoms with E-state index in [0.717, 1.165) is 16.9 Å². The van der Waals surface area contributed by atoms with Gasteiger partial charge in [-0.25, -0.2) is 0 Å². The Kier molecular flexibility index (Phi) is 2.25. The van der Waals surface area contributed by atoms with Gasteiger partial charge in [-0.3, -0.25) is 9.36 Å². The lowest BCUT2D eigenvalue weighted by Gasteiger charge is -2.06. The molecule has 3 heteroatoms. The van der Waals surface area contributed by atoms with Crippen molar-refractivity contribution in [3.05, 3.63) is 50.6 Å². The Labute approximate surface area is 86.4 Å². The molecule has 0 fully saturated rings. The standard InChI is InChI=1S/C11H11NOS/c1-8-5-3-4-6-10(8)12-9(2)7-14-11(12)13/h3-7H,1-2H3. The third-order valence-corrected chi connectivity index (χ3v) is 3.07. The molecule has 2 nitrogen and oxygen atoms in total. The molecule has 1 aromatic heterocycles. The summed E-state index contributed by atoms with van der Waals surface area (Å²) in [6.07, 6.45) is 0. The van der Waals surface area contributed by atoms with E-state index in [1.807, 2.05) is 43.5 Å². The number of benzene rings is 1. The fourth-order valence-corrected chi connectivity index (χ4v) is 2.21. The van der Waals surface area contributed by atoms with Crippen LogP contribution in [0.15, 0.2) is 34.4 Å². The second-order valence-corrected chi connectivity index (χ2v) is 4.09. The predicted molar refractivity (Wildman–Crippen MR) is 59.4 cm³/mol. The van der Waals surface area contributed by atoms with Gasteiger partial charge in [-0.15, -0.1) is 0 Å². The van der Waals surface area contributed by atoms with Crippen LogP contribution < -0.4 is 4.87 Å². The maximum atomic E-state index is 11.6. The van der Waals surface area contributed by atoms with Crippen molar-refractivity contribution >= 4 is 11.3 Å². The van der Waals surface area contributed by atoms with E-state index in [-0.39, 0.29) is 4.87 Å². The first-order chi connectivity index (χ1) is 6.70. The molecule has 0 amide bonds. The van der Waals surface area contributed by atoms with Crippen LogP contribution >= 0.6 is 11.3 Å². The minimum absolute atomic E-state index is 0.0804. The molecule has 0 aliphatic rings. The summed E-state index contributed by atoms with van der Waals surface area (Å²) in [6.45, 7) is 3.96. The molecule has 0 atom stereocenters. The molecule has 1 heterocycles. The fourth-order valence-electron chi connectivity index (χ4n) is 1.49. The molecule has 0 aliphatic heterocycles. The quantitative estimate of drug-likeness (QED) is 0.701. The van der Waals surface area contributed by atoms with Crippen LogP contribution in [0.4, 0.5) is 0 Å². The Balaban J connectivity index is 2.72. The number of para-hydroxylation sites is 1. The number of aromatic nitrogens is 1. The lowest BCUT2D eigenvalue weighted by Crippen LogP contribution is -2.12. The van der Waals surface area contributed by atoms with Crippen molar-refractivity contribution in [3.63, 3.8) is 0 Å². The maximum absolute atomic E-state index is 11.6. The third-order valence-electron chi connectivity index (χ3n) is 2.22. The first-order valence-electron chi connectivity index (χ1n) is 4.43. The lowest BCUT2D eigenvalue weighted by atomic mass is 10.2. The Morgan fingerprint density at radius 2 is 1.93 bits per heavy atom. The molecular weight excluding hydrogens is 194 g/mol. The lowest BCUT2D eigenvalue weighted by molar-refractivity contribution is 0.970. The Morgan fingerprint density at radius 3 is 2.50 bits per heavy atom. The monoisotopic (exact) mass is 205 g/mol. The largest absolute Gasteiger partial charge is 0.311 e. The van der Waals surface area contributed by atoms with Gasteiger partial charge in [0, 0.05) is 11.1 Å². The first-order valence-corrected chi connectivity index (χ1v) is 5.31. The van der Waals surface area contributed by atoms with Gasteiger partial charge in [0.1, 0.15) is 0 Å². The van der Waals surface area contributed by atoms with Crippen molar-refractivity contribution in [2.24, 2.45) is 0 Å². The number of nitrogens with zero attached hydrogens (tertiary/aromatic N) is 1. The van der Waals surface area contributed by atoms with Crippen LogP contribution in [0.2, 0.25) is 0 Å². The molecule has 0 aliphatic carbocycles. The zero-order valence-corrected chi connectivity index (χ0v) is 8.97. The number of rotatable bonds is 1. The van der Waals surface area contributed by atoms with Gasteiger partial charge in [0.25, 0.3) is 0 Å². The van der Waals surface area contributed by atoms with E-state index in [1.165, 1.54) is 11.3 Å². The molecule has 0 unspecified atom stereocenters. The van der Waals surface area contributed by atoms with Gasteiger partial charge in [-0.1, -0.05) is 29.5 Å². The number of hydrogen-bond acceptors (Lipinski definition) is 2. The van der Waals surface area contributed by atoms with Gasteiger partial charge in [0.05, 0.1) is 5.69 Å².